The number of aromatic nitrogens is 3. The molecule has 1 aromatic heterocycles. The van der Waals surface area contributed by atoms with Crippen LogP contribution in [0.1, 0.15) is 10.4 Å². The Bertz CT molecular complexity index is 765. The highest BCUT2D eigenvalue weighted by molar-refractivity contribution is 5.92. The van der Waals surface area contributed by atoms with Crippen molar-refractivity contribution in [3.8, 4) is 5.69 Å². The summed E-state index contributed by atoms with van der Waals surface area (Å²) in [7, 11) is 0. The van der Waals surface area contributed by atoms with Crippen LogP contribution < -0.4 is 0 Å². The molecule has 1 N–H and O–H groups in total. The van der Waals surface area contributed by atoms with Crippen LogP contribution in [0, 0.1) is 5.82 Å². The highest BCUT2D eigenvalue weighted by atomic mass is 19.1. The maximum Gasteiger partial charge on any atom is 0.335 e. The van der Waals surface area contributed by atoms with Gasteiger partial charge in [-0.25, -0.2) is 13.9 Å². The lowest BCUT2D eigenvalue weighted by Crippen LogP contribution is -1.99. The van der Waals surface area contributed by atoms with Crippen LogP contribution in [0.5, 0.6) is 0 Å². The molecule has 0 bridgehead atoms. The average molecular weight is 257 g/mol. The van der Waals surface area contributed by atoms with Gasteiger partial charge in [-0.15, -0.1) is 5.10 Å². The zero-order chi connectivity index (χ0) is 13.4. The molecule has 1 heterocycles. The third kappa shape index (κ3) is 1.93. The molecule has 0 radical (unpaired) electrons. The number of benzene rings is 2. The van der Waals surface area contributed by atoms with Crippen molar-refractivity contribution in [2.45, 2.75) is 0 Å². The minimum Gasteiger partial charge on any atom is -0.478 e. The van der Waals surface area contributed by atoms with Gasteiger partial charge in [0.25, 0.3) is 0 Å². The Morgan fingerprint density at radius 1 is 1.16 bits per heavy atom. The fraction of sp³-hybridized carbons (Fsp3) is 0. The number of hydrogen-bond donors (Lipinski definition) is 1. The Labute approximate surface area is 106 Å². The van der Waals surface area contributed by atoms with Crippen molar-refractivity contribution >= 4 is 17.0 Å². The summed E-state index contributed by atoms with van der Waals surface area (Å²) < 4.78 is 14.4. The number of hydrogen-bond acceptors (Lipinski definition) is 3. The smallest absolute Gasteiger partial charge is 0.335 e. The molecule has 0 saturated carbocycles. The summed E-state index contributed by atoms with van der Waals surface area (Å²) in [5.41, 5.74) is 1.91. The average Bonchev–Trinajstić information content (AvgIpc) is 2.82. The van der Waals surface area contributed by atoms with E-state index in [4.69, 9.17) is 5.11 Å². The number of rotatable bonds is 2. The van der Waals surface area contributed by atoms with Gasteiger partial charge in [0.2, 0.25) is 0 Å². The van der Waals surface area contributed by atoms with Crippen LogP contribution in [0.2, 0.25) is 0 Å². The summed E-state index contributed by atoms with van der Waals surface area (Å²) in [6.07, 6.45) is 0. The van der Waals surface area contributed by atoms with Crippen LogP contribution in [0.3, 0.4) is 0 Å². The second-order valence-electron chi connectivity index (χ2n) is 3.99. The van der Waals surface area contributed by atoms with Crippen molar-refractivity contribution in [1.82, 2.24) is 15.0 Å². The lowest BCUT2D eigenvalue weighted by Gasteiger charge is -2.02. The first-order valence-corrected chi connectivity index (χ1v) is 5.50. The van der Waals surface area contributed by atoms with E-state index in [0.29, 0.717) is 16.7 Å². The molecule has 0 aliphatic heterocycles. The van der Waals surface area contributed by atoms with E-state index in [1.54, 1.807) is 18.2 Å². The molecule has 0 aliphatic carbocycles. The summed E-state index contributed by atoms with van der Waals surface area (Å²) in [5, 5.41) is 16.9. The van der Waals surface area contributed by atoms with Gasteiger partial charge in [0, 0.05) is 0 Å². The first kappa shape index (κ1) is 11.3. The van der Waals surface area contributed by atoms with Gasteiger partial charge >= 0.3 is 5.97 Å². The molecule has 19 heavy (non-hydrogen) atoms. The second-order valence-corrected chi connectivity index (χ2v) is 3.99. The van der Waals surface area contributed by atoms with E-state index in [2.05, 4.69) is 10.3 Å². The number of fused-ring (bicyclic) bond motifs is 1. The normalized spacial score (nSPS) is 10.8. The summed E-state index contributed by atoms with van der Waals surface area (Å²) in [4.78, 5) is 11.0. The van der Waals surface area contributed by atoms with Gasteiger partial charge in [0.05, 0.1) is 16.8 Å². The van der Waals surface area contributed by atoms with Gasteiger partial charge in [-0.05, 0) is 42.5 Å². The van der Waals surface area contributed by atoms with E-state index in [1.807, 2.05) is 0 Å². The minimum atomic E-state index is -1.02. The van der Waals surface area contributed by atoms with Crippen molar-refractivity contribution < 1.29 is 14.3 Å². The van der Waals surface area contributed by atoms with Crippen molar-refractivity contribution in [2.75, 3.05) is 0 Å². The standard InChI is InChI=1S/C13H8FN3O2/c14-9-2-4-10(5-3-9)17-12-7-8(13(18)19)1-6-11(12)15-16-17/h1-7H,(H,18,19). The van der Waals surface area contributed by atoms with Crippen molar-refractivity contribution in [3.63, 3.8) is 0 Å². The molecule has 0 fully saturated rings. The fourth-order valence-corrected chi connectivity index (χ4v) is 1.82. The Morgan fingerprint density at radius 3 is 2.58 bits per heavy atom. The van der Waals surface area contributed by atoms with Gasteiger partial charge < -0.3 is 5.11 Å². The first-order valence-electron chi connectivity index (χ1n) is 5.50. The Balaban J connectivity index is 2.21. The summed E-state index contributed by atoms with van der Waals surface area (Å²) in [6, 6.07) is 10.3. The van der Waals surface area contributed by atoms with Crippen LogP contribution in [0.15, 0.2) is 42.5 Å². The molecule has 3 rings (SSSR count). The maximum atomic E-state index is 12.9. The summed E-state index contributed by atoms with van der Waals surface area (Å²) >= 11 is 0. The third-order valence-electron chi connectivity index (χ3n) is 2.76. The van der Waals surface area contributed by atoms with E-state index < -0.39 is 5.97 Å². The summed E-state index contributed by atoms with van der Waals surface area (Å²) in [6.45, 7) is 0. The van der Waals surface area contributed by atoms with E-state index in [9.17, 15) is 9.18 Å². The number of nitrogens with zero attached hydrogens (tertiary/aromatic N) is 3. The zero-order valence-corrected chi connectivity index (χ0v) is 9.62. The summed E-state index contributed by atoms with van der Waals surface area (Å²) in [5.74, 6) is -1.37. The highest BCUT2D eigenvalue weighted by Crippen LogP contribution is 2.18. The number of carboxylic acids is 1. The highest BCUT2D eigenvalue weighted by Gasteiger charge is 2.10. The predicted molar refractivity (Wildman–Crippen MR) is 65.8 cm³/mol. The minimum absolute atomic E-state index is 0.151. The molecular formula is C13H8FN3O2. The quantitative estimate of drug-likeness (QED) is 0.764. The van der Waals surface area contributed by atoms with Crippen molar-refractivity contribution in [3.05, 3.63) is 53.8 Å². The van der Waals surface area contributed by atoms with E-state index in [0.717, 1.165) is 0 Å². The van der Waals surface area contributed by atoms with Gasteiger partial charge in [-0.3, -0.25) is 0 Å². The van der Waals surface area contributed by atoms with Crippen LogP contribution in [-0.2, 0) is 0 Å². The Morgan fingerprint density at radius 2 is 1.89 bits per heavy atom. The van der Waals surface area contributed by atoms with Crippen LogP contribution >= 0.6 is 0 Å². The molecular weight excluding hydrogens is 249 g/mol. The molecule has 3 aromatic rings. The maximum absolute atomic E-state index is 12.9. The van der Waals surface area contributed by atoms with Crippen molar-refractivity contribution in [2.24, 2.45) is 0 Å². The third-order valence-corrected chi connectivity index (χ3v) is 2.76. The predicted octanol–water partition coefficient (Wildman–Crippen LogP) is 2.26. The monoisotopic (exact) mass is 257 g/mol. The molecule has 0 atom stereocenters. The van der Waals surface area contributed by atoms with Gasteiger partial charge in [0.15, 0.2) is 0 Å². The van der Waals surface area contributed by atoms with Gasteiger partial charge in [-0.2, -0.15) is 0 Å². The molecule has 0 amide bonds. The molecule has 94 valence electrons. The topological polar surface area (TPSA) is 68.0 Å². The van der Waals surface area contributed by atoms with Crippen LogP contribution in [0.4, 0.5) is 4.39 Å². The fourth-order valence-electron chi connectivity index (χ4n) is 1.82. The lowest BCUT2D eigenvalue weighted by atomic mass is 10.2. The molecule has 0 aliphatic rings. The lowest BCUT2D eigenvalue weighted by molar-refractivity contribution is 0.0697. The number of carboxylic acid groups (broad SMARTS) is 1. The molecule has 0 unspecified atom stereocenters. The molecule has 0 spiro atoms. The van der Waals surface area contributed by atoms with Gasteiger partial charge in [0.1, 0.15) is 11.3 Å². The van der Waals surface area contributed by atoms with E-state index in [1.165, 1.54) is 28.9 Å². The first-order chi connectivity index (χ1) is 9.15. The number of halogens is 1. The molecule has 0 saturated heterocycles. The van der Waals surface area contributed by atoms with Crippen LogP contribution in [-0.4, -0.2) is 26.1 Å². The molecule has 5 nitrogen and oxygen atoms in total. The Kier molecular flexibility index (Phi) is 2.49. The second kappa shape index (κ2) is 4.16. The Hall–Kier alpha value is -2.76. The number of aromatic carboxylic acids is 1. The van der Waals surface area contributed by atoms with Crippen molar-refractivity contribution in [1.29, 1.82) is 0 Å². The zero-order valence-electron chi connectivity index (χ0n) is 9.62. The van der Waals surface area contributed by atoms with Gasteiger partial charge in [-0.1, -0.05) is 5.21 Å². The molecule has 6 heteroatoms. The number of carbonyl (C=O) groups is 1. The van der Waals surface area contributed by atoms with E-state index in [-0.39, 0.29) is 11.4 Å². The van der Waals surface area contributed by atoms with Crippen LogP contribution in [0.25, 0.3) is 16.7 Å². The molecule has 2 aromatic carbocycles. The van der Waals surface area contributed by atoms with E-state index >= 15 is 0 Å². The largest absolute Gasteiger partial charge is 0.478 e. The SMILES string of the molecule is O=C(O)c1ccc2nnn(-c3ccc(F)cc3)c2c1.